The Morgan fingerprint density at radius 1 is 0.969 bits per heavy atom. The first-order valence-corrected chi connectivity index (χ1v) is 10.4. The quantitative estimate of drug-likeness (QED) is 0.380. The predicted molar refractivity (Wildman–Crippen MR) is 121 cm³/mol. The van der Waals surface area contributed by atoms with Crippen LogP contribution in [0.4, 0.5) is 0 Å². The molecule has 2 atom stereocenters. The largest absolute Gasteiger partial charge is 0.481 e. The van der Waals surface area contributed by atoms with Crippen LogP contribution in [0.3, 0.4) is 0 Å². The highest BCUT2D eigenvalue weighted by Gasteiger charge is 2.22. The molecule has 0 bridgehead atoms. The number of aromatic nitrogens is 1. The predicted octanol–water partition coefficient (Wildman–Crippen LogP) is 4.49. The molecule has 8 heteroatoms. The van der Waals surface area contributed by atoms with Crippen LogP contribution in [0.5, 0.6) is 0 Å². The second-order valence-electron chi connectivity index (χ2n) is 7.65. The summed E-state index contributed by atoms with van der Waals surface area (Å²) < 4.78 is 0. The van der Waals surface area contributed by atoms with Crippen LogP contribution in [0.1, 0.15) is 39.9 Å². The van der Waals surface area contributed by atoms with Crippen LogP contribution in [0.25, 0.3) is 11.1 Å². The molecule has 1 heterocycles. The van der Waals surface area contributed by atoms with E-state index < -0.39 is 29.8 Å². The Bertz CT molecular complexity index is 1120. The lowest BCUT2D eigenvalue weighted by atomic mass is 9.95. The van der Waals surface area contributed by atoms with E-state index in [0.29, 0.717) is 11.4 Å². The standard InChI is InChI=1S/C24H23ClN2O5/c1-14(23(29)30)11-19(26-22(28)20-9-10-21(27-20)24(31)32)12-15-5-7-16(8-6-15)17-3-2-4-18(25)13-17/h2-10,13-14,19,27H,11-12H2,1H3,(H,26,28)(H,29,30)(H,31,32)/t14-,19?/m0/s1. The van der Waals surface area contributed by atoms with Gasteiger partial charge < -0.3 is 20.5 Å². The number of halogens is 1. The number of carbonyl (C=O) groups excluding carboxylic acids is 1. The number of aliphatic carboxylic acids is 1. The molecule has 2 aromatic carbocycles. The summed E-state index contributed by atoms with van der Waals surface area (Å²) in [6.45, 7) is 1.58. The van der Waals surface area contributed by atoms with Crippen molar-refractivity contribution in [3.63, 3.8) is 0 Å². The van der Waals surface area contributed by atoms with E-state index in [1.165, 1.54) is 12.1 Å². The molecule has 0 aliphatic rings. The van der Waals surface area contributed by atoms with Crippen molar-refractivity contribution in [1.29, 1.82) is 0 Å². The molecule has 4 N–H and O–H groups in total. The minimum atomic E-state index is -1.17. The Balaban J connectivity index is 1.75. The van der Waals surface area contributed by atoms with E-state index in [1.54, 1.807) is 13.0 Å². The van der Waals surface area contributed by atoms with E-state index in [4.69, 9.17) is 16.7 Å². The van der Waals surface area contributed by atoms with Crippen LogP contribution in [0.2, 0.25) is 5.02 Å². The molecule has 0 fully saturated rings. The molecule has 0 aliphatic carbocycles. The van der Waals surface area contributed by atoms with Crippen molar-refractivity contribution in [3.8, 4) is 11.1 Å². The van der Waals surface area contributed by atoms with Gasteiger partial charge in [0.15, 0.2) is 0 Å². The van der Waals surface area contributed by atoms with Crippen LogP contribution in [-0.4, -0.2) is 39.1 Å². The molecular weight excluding hydrogens is 432 g/mol. The van der Waals surface area contributed by atoms with Gasteiger partial charge in [-0.05, 0) is 53.8 Å². The molecule has 3 aromatic rings. The average molecular weight is 455 g/mol. The summed E-state index contributed by atoms with van der Waals surface area (Å²) in [7, 11) is 0. The highest BCUT2D eigenvalue weighted by molar-refractivity contribution is 6.30. The number of aromatic carboxylic acids is 1. The second kappa shape index (κ2) is 10.2. The molecule has 0 aliphatic heterocycles. The fourth-order valence-corrected chi connectivity index (χ4v) is 3.61. The summed E-state index contributed by atoms with van der Waals surface area (Å²) in [5.41, 5.74) is 2.91. The highest BCUT2D eigenvalue weighted by Crippen LogP contribution is 2.24. The van der Waals surface area contributed by atoms with Gasteiger partial charge in [-0.1, -0.05) is 54.9 Å². The Kier molecular flexibility index (Phi) is 7.33. The molecule has 1 aromatic heterocycles. The molecular formula is C24H23ClN2O5. The van der Waals surface area contributed by atoms with E-state index in [0.717, 1.165) is 16.7 Å². The van der Waals surface area contributed by atoms with E-state index in [-0.39, 0.29) is 17.8 Å². The summed E-state index contributed by atoms with van der Waals surface area (Å²) in [5, 5.41) is 21.8. The van der Waals surface area contributed by atoms with Crippen LogP contribution >= 0.6 is 11.6 Å². The van der Waals surface area contributed by atoms with Crippen LogP contribution in [0, 0.1) is 5.92 Å². The lowest BCUT2D eigenvalue weighted by molar-refractivity contribution is -0.141. The number of aromatic amines is 1. The van der Waals surface area contributed by atoms with Crippen molar-refractivity contribution in [2.45, 2.75) is 25.8 Å². The number of rotatable bonds is 9. The van der Waals surface area contributed by atoms with Gasteiger partial charge in [-0.2, -0.15) is 0 Å². The van der Waals surface area contributed by atoms with Crippen molar-refractivity contribution in [2.75, 3.05) is 0 Å². The van der Waals surface area contributed by atoms with Gasteiger partial charge in [0.05, 0.1) is 5.92 Å². The van der Waals surface area contributed by atoms with E-state index >= 15 is 0 Å². The zero-order chi connectivity index (χ0) is 23.3. The van der Waals surface area contributed by atoms with Crippen LogP contribution < -0.4 is 5.32 Å². The van der Waals surface area contributed by atoms with Gasteiger partial charge in [-0.25, -0.2) is 4.79 Å². The Hall–Kier alpha value is -3.58. The van der Waals surface area contributed by atoms with Crippen molar-refractivity contribution in [3.05, 3.63) is 82.6 Å². The number of hydrogen-bond donors (Lipinski definition) is 4. The Labute approximate surface area is 190 Å². The van der Waals surface area contributed by atoms with E-state index in [1.807, 2.05) is 42.5 Å². The number of carboxylic acid groups (broad SMARTS) is 2. The number of carbonyl (C=O) groups is 3. The van der Waals surface area contributed by atoms with Crippen molar-refractivity contribution < 1.29 is 24.6 Å². The molecule has 1 amide bonds. The minimum absolute atomic E-state index is 0.0952. The zero-order valence-electron chi connectivity index (χ0n) is 17.3. The molecule has 166 valence electrons. The normalized spacial score (nSPS) is 12.7. The first-order chi connectivity index (χ1) is 15.2. The SMILES string of the molecule is C[C@@H](CC(Cc1ccc(-c2cccc(Cl)c2)cc1)NC(=O)c1ccc(C(=O)O)[nH]1)C(=O)O. The molecule has 0 saturated carbocycles. The third kappa shape index (κ3) is 5.98. The third-order valence-corrected chi connectivity index (χ3v) is 5.38. The Morgan fingerprint density at radius 2 is 1.66 bits per heavy atom. The van der Waals surface area contributed by atoms with E-state index in [2.05, 4.69) is 10.3 Å². The van der Waals surface area contributed by atoms with Gasteiger partial charge in [-0.15, -0.1) is 0 Å². The number of H-pyrrole nitrogens is 1. The van der Waals surface area contributed by atoms with Gasteiger partial charge in [0.25, 0.3) is 5.91 Å². The number of amides is 1. The van der Waals surface area contributed by atoms with Crippen LogP contribution in [0.15, 0.2) is 60.7 Å². The summed E-state index contributed by atoms with van der Waals surface area (Å²) in [6.07, 6.45) is 0.648. The topological polar surface area (TPSA) is 119 Å². The Morgan fingerprint density at radius 3 is 2.25 bits per heavy atom. The zero-order valence-corrected chi connectivity index (χ0v) is 18.1. The minimum Gasteiger partial charge on any atom is -0.481 e. The molecule has 1 unspecified atom stereocenters. The number of benzene rings is 2. The van der Waals surface area contributed by atoms with Gasteiger partial charge in [-0.3, -0.25) is 9.59 Å². The van der Waals surface area contributed by atoms with Crippen molar-refractivity contribution in [2.24, 2.45) is 5.92 Å². The fraction of sp³-hybridized carbons (Fsp3) is 0.208. The van der Waals surface area contributed by atoms with Crippen molar-refractivity contribution in [1.82, 2.24) is 10.3 Å². The molecule has 0 spiro atoms. The van der Waals surface area contributed by atoms with Gasteiger partial charge >= 0.3 is 11.9 Å². The first-order valence-electron chi connectivity index (χ1n) is 10.0. The molecule has 0 saturated heterocycles. The second-order valence-corrected chi connectivity index (χ2v) is 8.08. The van der Waals surface area contributed by atoms with Crippen molar-refractivity contribution >= 4 is 29.4 Å². The summed E-state index contributed by atoms with van der Waals surface area (Å²) in [4.78, 5) is 37.5. The maximum Gasteiger partial charge on any atom is 0.352 e. The fourth-order valence-electron chi connectivity index (χ4n) is 3.42. The molecule has 0 radical (unpaired) electrons. The average Bonchev–Trinajstić information content (AvgIpc) is 3.25. The summed E-state index contributed by atoms with van der Waals surface area (Å²) >= 11 is 6.06. The highest BCUT2D eigenvalue weighted by atomic mass is 35.5. The number of nitrogens with one attached hydrogen (secondary N) is 2. The van der Waals surface area contributed by atoms with E-state index in [9.17, 15) is 19.5 Å². The van der Waals surface area contributed by atoms with Gasteiger partial charge in [0, 0.05) is 11.1 Å². The molecule has 32 heavy (non-hydrogen) atoms. The third-order valence-electron chi connectivity index (χ3n) is 5.15. The first kappa shape index (κ1) is 23.1. The van der Waals surface area contributed by atoms with Gasteiger partial charge in [0.2, 0.25) is 0 Å². The lowest BCUT2D eigenvalue weighted by Gasteiger charge is -2.21. The number of carboxylic acids is 2. The maximum atomic E-state index is 12.6. The van der Waals surface area contributed by atoms with Crippen LogP contribution in [-0.2, 0) is 11.2 Å². The molecule has 3 rings (SSSR count). The monoisotopic (exact) mass is 454 g/mol. The summed E-state index contributed by atoms with van der Waals surface area (Å²) in [6, 6.07) is 17.5. The lowest BCUT2D eigenvalue weighted by Crippen LogP contribution is -2.38. The number of hydrogen-bond acceptors (Lipinski definition) is 3. The molecule has 7 nitrogen and oxygen atoms in total. The smallest absolute Gasteiger partial charge is 0.352 e. The summed E-state index contributed by atoms with van der Waals surface area (Å²) in [5.74, 6) is -3.27. The maximum absolute atomic E-state index is 12.6. The van der Waals surface area contributed by atoms with Gasteiger partial charge in [0.1, 0.15) is 11.4 Å².